The van der Waals surface area contributed by atoms with Gasteiger partial charge in [0.05, 0.1) is 22.4 Å². The van der Waals surface area contributed by atoms with E-state index in [1.54, 1.807) is 12.1 Å². The smallest absolute Gasteiger partial charge is 0.338 e. The van der Waals surface area contributed by atoms with Gasteiger partial charge in [-0.1, -0.05) is 0 Å². The number of anilines is 1. The molecular weight excluding hydrogens is 460 g/mol. The molecule has 2 aromatic carbocycles. The average molecular weight is 475 g/mol. The zero-order valence-electron chi connectivity index (χ0n) is 15.7. The fourth-order valence-electron chi connectivity index (χ4n) is 3.05. The van der Waals surface area contributed by atoms with Crippen LogP contribution in [0.5, 0.6) is 11.5 Å². The highest BCUT2D eigenvalue weighted by Gasteiger charge is 2.33. The lowest BCUT2D eigenvalue weighted by Crippen LogP contribution is -2.24. The molecule has 0 aromatic heterocycles. The zero-order valence-corrected chi connectivity index (χ0v) is 17.3. The van der Waals surface area contributed by atoms with Crippen molar-refractivity contribution >= 4 is 45.3 Å². The molecule has 0 saturated heterocycles. The summed E-state index contributed by atoms with van der Waals surface area (Å²) in [5.74, 6) is -1.21. The Hall–Kier alpha value is -3.40. The predicted octanol–water partition coefficient (Wildman–Crippen LogP) is 2.24. The van der Waals surface area contributed by atoms with E-state index in [1.807, 2.05) is 0 Å². The average Bonchev–Trinajstić information content (AvgIpc) is 2.96. The predicted molar refractivity (Wildman–Crippen MR) is 107 cm³/mol. The summed E-state index contributed by atoms with van der Waals surface area (Å²) >= 11 is 3.34. The Morgan fingerprint density at radius 2 is 1.73 bits per heavy atom. The minimum absolute atomic E-state index is 0.0681. The van der Waals surface area contributed by atoms with Crippen LogP contribution < -0.4 is 14.8 Å². The van der Waals surface area contributed by atoms with E-state index in [0.29, 0.717) is 34.9 Å². The number of ether oxygens (including phenoxy) is 3. The van der Waals surface area contributed by atoms with E-state index in [1.165, 1.54) is 25.2 Å². The summed E-state index contributed by atoms with van der Waals surface area (Å²) in [6.07, 6.45) is 0. The maximum Gasteiger partial charge on any atom is 0.338 e. The Balaban J connectivity index is 1.40. The van der Waals surface area contributed by atoms with Crippen LogP contribution in [0.25, 0.3) is 0 Å². The fraction of sp³-hybridized carbons (Fsp3) is 0.200. The molecule has 0 spiro atoms. The van der Waals surface area contributed by atoms with Crippen LogP contribution in [0.1, 0.15) is 31.1 Å². The Bertz CT molecular complexity index is 1100. The molecule has 4 rings (SSSR count). The van der Waals surface area contributed by atoms with Crippen LogP contribution in [0.2, 0.25) is 0 Å². The summed E-state index contributed by atoms with van der Waals surface area (Å²) in [7, 11) is 1.36. The van der Waals surface area contributed by atoms with Gasteiger partial charge in [-0.25, -0.2) is 4.79 Å². The summed E-state index contributed by atoms with van der Waals surface area (Å²) in [5, 5.41) is 2.62. The number of benzene rings is 2. The number of hydrogen-bond acceptors (Lipinski definition) is 7. The second-order valence-corrected chi connectivity index (χ2v) is 7.38. The van der Waals surface area contributed by atoms with Gasteiger partial charge in [0, 0.05) is 23.7 Å². The van der Waals surface area contributed by atoms with Crippen LogP contribution in [-0.2, 0) is 9.53 Å². The van der Waals surface area contributed by atoms with Crippen molar-refractivity contribution in [3.05, 3.63) is 51.5 Å². The number of fused-ring (bicyclic) bond motifs is 2. The number of esters is 1. The van der Waals surface area contributed by atoms with E-state index in [-0.39, 0.29) is 16.7 Å². The molecule has 10 heteroatoms. The number of nitrogens with zero attached hydrogens (tertiary/aromatic N) is 1. The van der Waals surface area contributed by atoms with Crippen LogP contribution in [-0.4, -0.2) is 55.5 Å². The standard InChI is InChI=1S/C20H15BrN2O7/c1-23-18(25)11-3-2-10(6-12(11)19(23)26)20(27)30-9-17(24)22-14-8-16-15(7-13(14)21)28-4-5-29-16/h2-3,6-8H,4-5,9H2,1H3,(H,22,24). The number of imide groups is 1. The number of carbonyl (C=O) groups excluding carboxylic acids is 4. The molecule has 154 valence electrons. The quantitative estimate of drug-likeness (QED) is 0.534. The first-order valence-electron chi connectivity index (χ1n) is 8.87. The van der Waals surface area contributed by atoms with Crippen LogP contribution in [0.3, 0.4) is 0 Å². The molecule has 3 amide bonds. The van der Waals surface area contributed by atoms with Gasteiger partial charge in [0.1, 0.15) is 13.2 Å². The lowest BCUT2D eigenvalue weighted by atomic mass is 10.1. The summed E-state index contributed by atoms with van der Waals surface area (Å²) in [5.41, 5.74) is 0.852. The van der Waals surface area contributed by atoms with Crippen molar-refractivity contribution in [1.82, 2.24) is 4.90 Å². The molecule has 2 aromatic rings. The van der Waals surface area contributed by atoms with Gasteiger partial charge in [-0.2, -0.15) is 0 Å². The number of amides is 3. The molecule has 0 atom stereocenters. The van der Waals surface area contributed by atoms with Crippen molar-refractivity contribution in [2.24, 2.45) is 0 Å². The topological polar surface area (TPSA) is 111 Å². The van der Waals surface area contributed by atoms with Gasteiger partial charge < -0.3 is 19.5 Å². The Kier molecular flexibility index (Phi) is 5.17. The molecule has 30 heavy (non-hydrogen) atoms. The van der Waals surface area contributed by atoms with Crippen molar-refractivity contribution in [2.45, 2.75) is 0 Å². The highest BCUT2D eigenvalue weighted by molar-refractivity contribution is 9.10. The Morgan fingerprint density at radius 1 is 1.07 bits per heavy atom. The molecule has 9 nitrogen and oxygen atoms in total. The number of halogens is 1. The minimum Gasteiger partial charge on any atom is -0.486 e. The molecule has 0 aliphatic carbocycles. The van der Waals surface area contributed by atoms with E-state index in [2.05, 4.69) is 21.2 Å². The van der Waals surface area contributed by atoms with Gasteiger partial charge in [-0.15, -0.1) is 0 Å². The van der Waals surface area contributed by atoms with E-state index in [9.17, 15) is 19.2 Å². The van der Waals surface area contributed by atoms with Gasteiger partial charge in [-0.05, 0) is 34.1 Å². The normalized spacial score (nSPS) is 14.4. The van der Waals surface area contributed by atoms with Crippen molar-refractivity contribution in [3.63, 3.8) is 0 Å². The Morgan fingerprint density at radius 3 is 2.47 bits per heavy atom. The summed E-state index contributed by atoms with van der Waals surface area (Å²) < 4.78 is 16.6. The van der Waals surface area contributed by atoms with Gasteiger partial charge >= 0.3 is 5.97 Å². The highest BCUT2D eigenvalue weighted by Crippen LogP contribution is 2.38. The van der Waals surface area contributed by atoms with E-state index in [4.69, 9.17) is 14.2 Å². The molecule has 2 aliphatic rings. The first-order valence-corrected chi connectivity index (χ1v) is 9.67. The van der Waals surface area contributed by atoms with Crippen LogP contribution >= 0.6 is 15.9 Å². The van der Waals surface area contributed by atoms with Gasteiger partial charge in [-0.3, -0.25) is 19.3 Å². The zero-order chi connectivity index (χ0) is 21.4. The highest BCUT2D eigenvalue weighted by atomic mass is 79.9. The largest absolute Gasteiger partial charge is 0.486 e. The second kappa shape index (κ2) is 7.79. The van der Waals surface area contributed by atoms with Gasteiger partial charge in [0.2, 0.25) is 0 Å². The SMILES string of the molecule is CN1C(=O)c2ccc(C(=O)OCC(=O)Nc3cc4c(cc3Br)OCCO4)cc2C1=O. The number of rotatable bonds is 4. The maximum atomic E-state index is 12.3. The molecule has 0 saturated carbocycles. The monoisotopic (exact) mass is 474 g/mol. The number of nitrogens with one attached hydrogen (secondary N) is 1. The maximum absolute atomic E-state index is 12.3. The van der Waals surface area contributed by atoms with Crippen molar-refractivity contribution < 1.29 is 33.4 Å². The molecule has 0 bridgehead atoms. The van der Waals surface area contributed by atoms with E-state index in [0.717, 1.165) is 4.90 Å². The van der Waals surface area contributed by atoms with E-state index >= 15 is 0 Å². The second-order valence-electron chi connectivity index (χ2n) is 6.53. The van der Waals surface area contributed by atoms with Gasteiger partial charge in [0.25, 0.3) is 17.7 Å². The molecule has 0 radical (unpaired) electrons. The molecule has 2 heterocycles. The molecular formula is C20H15BrN2O7. The molecule has 1 N–H and O–H groups in total. The third kappa shape index (κ3) is 3.61. The lowest BCUT2D eigenvalue weighted by Gasteiger charge is -2.20. The van der Waals surface area contributed by atoms with Crippen molar-refractivity contribution in [3.8, 4) is 11.5 Å². The summed E-state index contributed by atoms with van der Waals surface area (Å²) in [4.78, 5) is 49.4. The minimum atomic E-state index is -0.788. The van der Waals surface area contributed by atoms with Crippen molar-refractivity contribution in [2.75, 3.05) is 32.2 Å². The molecule has 0 fully saturated rings. The number of carbonyl (C=O) groups is 4. The molecule has 0 unspecified atom stereocenters. The summed E-state index contributed by atoms with van der Waals surface area (Å²) in [6, 6.07) is 7.34. The van der Waals surface area contributed by atoms with Gasteiger partial charge in [0.15, 0.2) is 18.1 Å². The van der Waals surface area contributed by atoms with E-state index < -0.39 is 30.3 Å². The van der Waals surface area contributed by atoms with Crippen molar-refractivity contribution in [1.29, 1.82) is 0 Å². The molecule has 2 aliphatic heterocycles. The summed E-state index contributed by atoms with van der Waals surface area (Å²) in [6.45, 7) is 0.313. The third-order valence-corrected chi connectivity index (χ3v) is 5.22. The Labute approximate surface area is 179 Å². The first kappa shape index (κ1) is 19.9. The lowest BCUT2D eigenvalue weighted by molar-refractivity contribution is -0.119. The van der Waals surface area contributed by atoms with Crippen LogP contribution in [0.15, 0.2) is 34.8 Å². The van der Waals surface area contributed by atoms with Crippen LogP contribution in [0, 0.1) is 0 Å². The van der Waals surface area contributed by atoms with Crippen LogP contribution in [0.4, 0.5) is 5.69 Å². The third-order valence-electron chi connectivity index (χ3n) is 4.57. The number of hydrogen-bond donors (Lipinski definition) is 1. The first-order chi connectivity index (χ1) is 14.3. The fourth-order valence-corrected chi connectivity index (χ4v) is 3.47.